The molecule has 40 heavy (non-hydrogen) atoms. The van der Waals surface area contributed by atoms with E-state index in [1.807, 2.05) is 28.9 Å². The Morgan fingerprint density at radius 1 is 1.05 bits per heavy atom. The van der Waals surface area contributed by atoms with Gasteiger partial charge in [0.1, 0.15) is 12.1 Å². The van der Waals surface area contributed by atoms with Gasteiger partial charge in [0.25, 0.3) is 0 Å². The Morgan fingerprint density at radius 2 is 1.93 bits per heavy atom. The molecule has 0 aliphatic carbocycles. The molecule has 1 fully saturated rings. The molecule has 0 unspecified atom stereocenters. The third kappa shape index (κ3) is 4.88. The molecule has 3 heterocycles. The molecule has 0 radical (unpaired) electrons. The van der Waals surface area contributed by atoms with E-state index < -0.39 is 0 Å². The predicted molar refractivity (Wildman–Crippen MR) is 161 cm³/mol. The molecule has 0 spiro atoms. The second-order valence-corrected chi connectivity index (χ2v) is 10.6. The third-order valence-electron chi connectivity index (χ3n) is 7.85. The number of aryl methyl sites for hydroxylation is 2. The monoisotopic (exact) mass is 531 g/mol. The first kappa shape index (κ1) is 25.6. The van der Waals surface area contributed by atoms with Crippen molar-refractivity contribution in [1.82, 2.24) is 24.4 Å². The Hall–Kier alpha value is -4.72. The number of rotatable bonds is 6. The molecular formula is C32H33N7O. The van der Waals surface area contributed by atoms with E-state index in [0.717, 1.165) is 52.1 Å². The summed E-state index contributed by atoms with van der Waals surface area (Å²) in [5.41, 5.74) is 8.86. The van der Waals surface area contributed by atoms with Gasteiger partial charge < -0.3 is 19.7 Å². The first-order valence-electron chi connectivity index (χ1n) is 13.6. The molecule has 2 aromatic heterocycles. The van der Waals surface area contributed by atoms with E-state index in [1.165, 1.54) is 22.8 Å². The summed E-state index contributed by atoms with van der Waals surface area (Å²) in [6.45, 7) is 10.0. The molecular weight excluding hydrogens is 498 g/mol. The van der Waals surface area contributed by atoms with E-state index in [9.17, 15) is 4.79 Å². The molecule has 1 atom stereocenters. The summed E-state index contributed by atoms with van der Waals surface area (Å²) in [4.78, 5) is 29.9. The van der Waals surface area contributed by atoms with Crippen molar-refractivity contribution in [2.45, 2.75) is 26.3 Å². The van der Waals surface area contributed by atoms with Gasteiger partial charge in [0.2, 0.25) is 5.91 Å². The largest absolute Gasteiger partial charge is 0.365 e. The number of hydrogen-bond acceptors (Lipinski definition) is 6. The predicted octanol–water partition coefficient (Wildman–Crippen LogP) is 5.38. The smallest absolute Gasteiger partial charge is 0.246 e. The van der Waals surface area contributed by atoms with Gasteiger partial charge in [-0.25, -0.2) is 15.0 Å². The Balaban J connectivity index is 1.22. The zero-order chi connectivity index (χ0) is 27.8. The highest BCUT2D eigenvalue weighted by atomic mass is 16.2. The minimum absolute atomic E-state index is 0.0134. The van der Waals surface area contributed by atoms with E-state index in [4.69, 9.17) is 0 Å². The maximum atomic E-state index is 12.1. The Bertz CT molecular complexity index is 1740. The van der Waals surface area contributed by atoms with E-state index in [0.29, 0.717) is 13.1 Å². The summed E-state index contributed by atoms with van der Waals surface area (Å²) in [5, 5.41) is 4.49. The average Bonchev–Trinajstić information content (AvgIpc) is 3.33. The van der Waals surface area contributed by atoms with Gasteiger partial charge in [0.05, 0.1) is 22.9 Å². The van der Waals surface area contributed by atoms with Gasteiger partial charge in [-0.05, 0) is 85.5 Å². The number of imidazole rings is 1. The van der Waals surface area contributed by atoms with Crippen molar-refractivity contribution < 1.29 is 4.79 Å². The summed E-state index contributed by atoms with van der Waals surface area (Å²) >= 11 is 0. The van der Waals surface area contributed by atoms with Crippen LogP contribution in [0.2, 0.25) is 0 Å². The number of piperazine rings is 1. The molecule has 1 amide bonds. The zero-order valence-corrected chi connectivity index (χ0v) is 23.1. The van der Waals surface area contributed by atoms with Crippen LogP contribution in [0, 0.1) is 6.92 Å². The molecule has 0 bridgehead atoms. The van der Waals surface area contributed by atoms with E-state index >= 15 is 0 Å². The summed E-state index contributed by atoms with van der Waals surface area (Å²) in [6.07, 6.45) is 5.69. The quantitative estimate of drug-likeness (QED) is 0.296. The number of carbonyl (C=O) groups is 1. The molecule has 1 N–H and O–H groups in total. The van der Waals surface area contributed by atoms with Gasteiger partial charge in [-0.3, -0.25) is 4.79 Å². The van der Waals surface area contributed by atoms with Crippen LogP contribution in [0.3, 0.4) is 0 Å². The van der Waals surface area contributed by atoms with Crippen LogP contribution in [0.5, 0.6) is 0 Å². The first-order chi connectivity index (χ1) is 19.4. The minimum atomic E-state index is -0.0134. The fourth-order valence-corrected chi connectivity index (χ4v) is 5.61. The van der Waals surface area contributed by atoms with Crippen LogP contribution in [-0.2, 0) is 18.3 Å². The minimum Gasteiger partial charge on any atom is -0.365 e. The first-order valence-corrected chi connectivity index (χ1v) is 13.6. The van der Waals surface area contributed by atoms with E-state index in [-0.39, 0.29) is 11.9 Å². The summed E-state index contributed by atoms with van der Waals surface area (Å²) in [7, 11) is 2.02. The molecule has 1 saturated heterocycles. The van der Waals surface area contributed by atoms with Crippen molar-refractivity contribution in [3.8, 4) is 0 Å². The molecule has 3 aromatic carbocycles. The number of aromatic nitrogens is 4. The normalized spacial score (nSPS) is 15.5. The molecule has 6 rings (SSSR count). The van der Waals surface area contributed by atoms with Crippen molar-refractivity contribution in [3.05, 3.63) is 96.6 Å². The van der Waals surface area contributed by atoms with Gasteiger partial charge in [-0.1, -0.05) is 18.7 Å². The van der Waals surface area contributed by atoms with Crippen LogP contribution in [0.1, 0.15) is 23.6 Å². The van der Waals surface area contributed by atoms with Crippen molar-refractivity contribution in [2.24, 2.45) is 7.05 Å². The second-order valence-electron chi connectivity index (χ2n) is 10.6. The SMILES string of the molecule is C=CC(=O)N1CCN(c2ccc3ncnc(Nc4ccc(Cc5ccc6c(c5)ncn6C)c(C)c4)c3c2)[C@@H](C)C1. The van der Waals surface area contributed by atoms with Crippen LogP contribution in [0.4, 0.5) is 17.2 Å². The highest BCUT2D eigenvalue weighted by Gasteiger charge is 2.26. The Kier molecular flexibility index (Phi) is 6.67. The number of amides is 1. The Morgan fingerprint density at radius 3 is 2.73 bits per heavy atom. The zero-order valence-electron chi connectivity index (χ0n) is 23.1. The maximum absolute atomic E-state index is 12.1. The summed E-state index contributed by atoms with van der Waals surface area (Å²) < 4.78 is 2.04. The fraction of sp³-hybridized carbons (Fsp3) is 0.250. The number of anilines is 3. The van der Waals surface area contributed by atoms with Gasteiger partial charge in [-0.2, -0.15) is 0 Å². The van der Waals surface area contributed by atoms with E-state index in [1.54, 1.807) is 6.33 Å². The fourth-order valence-electron chi connectivity index (χ4n) is 5.61. The summed E-state index contributed by atoms with van der Waals surface area (Å²) in [5.74, 6) is 0.758. The van der Waals surface area contributed by atoms with Gasteiger partial charge in [0, 0.05) is 49.5 Å². The molecule has 8 heteroatoms. The number of carbonyl (C=O) groups excluding carboxylic acids is 1. The van der Waals surface area contributed by atoms with E-state index in [2.05, 4.69) is 94.1 Å². The van der Waals surface area contributed by atoms with Crippen molar-refractivity contribution in [1.29, 1.82) is 0 Å². The summed E-state index contributed by atoms with van der Waals surface area (Å²) in [6, 6.07) is 19.4. The van der Waals surface area contributed by atoms with Crippen LogP contribution < -0.4 is 10.2 Å². The standard InChI is InChI=1S/C32H33N7O/c1-5-31(40)38-12-13-39(22(3)18-38)26-9-10-28-27(17-26)32(34-19-33-28)36-25-8-7-24(21(2)14-25)15-23-6-11-30-29(16-23)35-20-37(30)4/h5-11,14,16-17,19-20,22H,1,12-13,15,18H2,2-4H3,(H,33,34,36)/t22-/m0/s1. The third-order valence-corrected chi connectivity index (χ3v) is 7.85. The Labute approximate surface area is 234 Å². The van der Waals surface area contributed by atoms with Gasteiger partial charge in [-0.15, -0.1) is 0 Å². The van der Waals surface area contributed by atoms with Crippen molar-refractivity contribution in [2.75, 3.05) is 29.9 Å². The van der Waals surface area contributed by atoms with Crippen LogP contribution in [-0.4, -0.2) is 56.0 Å². The highest BCUT2D eigenvalue weighted by Crippen LogP contribution is 2.30. The van der Waals surface area contributed by atoms with Crippen molar-refractivity contribution in [3.63, 3.8) is 0 Å². The van der Waals surface area contributed by atoms with Crippen LogP contribution in [0.15, 0.2) is 79.9 Å². The lowest BCUT2D eigenvalue weighted by Crippen LogP contribution is -2.53. The van der Waals surface area contributed by atoms with Crippen molar-refractivity contribution >= 4 is 45.0 Å². The number of nitrogens with zero attached hydrogens (tertiary/aromatic N) is 6. The molecule has 202 valence electrons. The van der Waals surface area contributed by atoms with Crippen LogP contribution in [0.25, 0.3) is 21.9 Å². The number of hydrogen-bond donors (Lipinski definition) is 1. The maximum Gasteiger partial charge on any atom is 0.246 e. The van der Waals surface area contributed by atoms with Crippen LogP contribution >= 0.6 is 0 Å². The second kappa shape index (κ2) is 10.4. The van der Waals surface area contributed by atoms with Gasteiger partial charge in [0.15, 0.2) is 0 Å². The molecule has 5 aromatic rings. The topological polar surface area (TPSA) is 79.2 Å². The highest BCUT2D eigenvalue weighted by molar-refractivity contribution is 5.93. The lowest BCUT2D eigenvalue weighted by atomic mass is 9.99. The number of benzene rings is 3. The molecule has 0 saturated carbocycles. The number of fused-ring (bicyclic) bond motifs is 2. The average molecular weight is 532 g/mol. The molecule has 8 nitrogen and oxygen atoms in total. The number of nitrogens with one attached hydrogen (secondary N) is 1. The molecule has 1 aliphatic heterocycles. The van der Waals surface area contributed by atoms with Gasteiger partial charge >= 0.3 is 0 Å². The lowest BCUT2D eigenvalue weighted by molar-refractivity contribution is -0.126. The lowest BCUT2D eigenvalue weighted by Gasteiger charge is -2.41. The molecule has 1 aliphatic rings.